The molecule has 0 saturated carbocycles. The first-order valence-corrected chi connectivity index (χ1v) is 5.08. The number of aliphatic carboxylic acids is 1. The topological polar surface area (TPSA) is 73.1 Å². The largest absolute Gasteiger partial charge is 0.481 e. The van der Waals surface area contributed by atoms with Gasteiger partial charge in [0.1, 0.15) is 0 Å². The van der Waals surface area contributed by atoms with E-state index in [1.54, 1.807) is 19.1 Å². The van der Waals surface area contributed by atoms with Crippen LogP contribution in [0.25, 0.3) is 0 Å². The van der Waals surface area contributed by atoms with Gasteiger partial charge in [-0.15, -0.1) is 0 Å². The van der Waals surface area contributed by atoms with Crippen LogP contribution in [-0.2, 0) is 4.79 Å². The van der Waals surface area contributed by atoms with Gasteiger partial charge < -0.3 is 10.4 Å². The molecule has 1 rings (SSSR count). The maximum Gasteiger partial charge on any atom is 0.305 e. The number of carbonyl (C=O) groups is 1. The van der Waals surface area contributed by atoms with Gasteiger partial charge in [-0.1, -0.05) is 11.6 Å². The van der Waals surface area contributed by atoms with Crippen LogP contribution in [0.3, 0.4) is 0 Å². The highest BCUT2D eigenvalue weighted by Crippen LogP contribution is 2.23. The van der Waals surface area contributed by atoms with Crippen molar-refractivity contribution < 1.29 is 9.90 Å². The van der Waals surface area contributed by atoms with Gasteiger partial charge in [0.15, 0.2) is 0 Å². The third-order valence-electron chi connectivity index (χ3n) is 1.98. The summed E-state index contributed by atoms with van der Waals surface area (Å²) in [7, 11) is 0. The molecule has 1 atom stereocenters. The molecule has 0 amide bonds. The Morgan fingerprint density at radius 1 is 1.69 bits per heavy atom. The Morgan fingerprint density at radius 3 is 2.88 bits per heavy atom. The molecule has 84 valence electrons. The van der Waals surface area contributed by atoms with Crippen LogP contribution in [0.15, 0.2) is 18.2 Å². The zero-order valence-electron chi connectivity index (χ0n) is 8.70. The smallest absolute Gasteiger partial charge is 0.305 e. The van der Waals surface area contributed by atoms with Crippen molar-refractivity contribution in [2.24, 2.45) is 0 Å². The number of rotatable bonds is 4. The zero-order chi connectivity index (χ0) is 12.1. The summed E-state index contributed by atoms with van der Waals surface area (Å²) in [6.07, 6.45) is 0.0102. The predicted octanol–water partition coefficient (Wildman–Crippen LogP) is 2.49. The summed E-state index contributed by atoms with van der Waals surface area (Å²) in [6.45, 7) is 1.75. The number of anilines is 1. The molecule has 0 fully saturated rings. The fourth-order valence-electron chi connectivity index (χ4n) is 1.28. The van der Waals surface area contributed by atoms with Crippen molar-refractivity contribution in [2.45, 2.75) is 19.4 Å². The molecule has 16 heavy (non-hydrogen) atoms. The Hall–Kier alpha value is -1.73. The van der Waals surface area contributed by atoms with E-state index in [4.69, 9.17) is 22.0 Å². The van der Waals surface area contributed by atoms with Crippen molar-refractivity contribution in [1.82, 2.24) is 0 Å². The Kier molecular flexibility index (Phi) is 4.15. The minimum atomic E-state index is -0.871. The van der Waals surface area contributed by atoms with Crippen LogP contribution in [0.5, 0.6) is 0 Å². The summed E-state index contributed by atoms with van der Waals surface area (Å²) < 4.78 is 0. The quantitative estimate of drug-likeness (QED) is 0.845. The molecule has 4 nitrogen and oxygen atoms in total. The molecule has 0 saturated heterocycles. The minimum Gasteiger partial charge on any atom is -0.481 e. The molecule has 0 aliphatic carbocycles. The van der Waals surface area contributed by atoms with E-state index in [1.165, 1.54) is 6.07 Å². The average molecular weight is 239 g/mol. The maximum absolute atomic E-state index is 10.5. The first-order valence-electron chi connectivity index (χ1n) is 4.71. The standard InChI is InChI=1S/C11H11ClN2O2/c1-7(4-11(15)16)14-10-3-2-8(6-13)5-9(10)12/h2-3,5,7,14H,4H2,1H3,(H,15,16). The van der Waals surface area contributed by atoms with E-state index in [0.29, 0.717) is 16.3 Å². The second-order valence-corrected chi connectivity index (χ2v) is 3.86. The summed E-state index contributed by atoms with van der Waals surface area (Å²) in [5, 5.41) is 20.6. The number of hydrogen-bond acceptors (Lipinski definition) is 3. The average Bonchev–Trinajstić information content (AvgIpc) is 2.19. The molecule has 0 aliphatic rings. The molecule has 0 aromatic heterocycles. The van der Waals surface area contributed by atoms with Gasteiger partial charge in [0.25, 0.3) is 0 Å². The lowest BCUT2D eigenvalue weighted by Crippen LogP contribution is -2.19. The summed E-state index contributed by atoms with van der Waals surface area (Å²) in [5.74, 6) is -0.871. The van der Waals surface area contributed by atoms with E-state index in [9.17, 15) is 4.79 Å². The highest BCUT2D eigenvalue weighted by atomic mass is 35.5. The Bertz CT molecular complexity index is 440. The molecule has 5 heteroatoms. The van der Waals surface area contributed by atoms with Crippen molar-refractivity contribution in [1.29, 1.82) is 5.26 Å². The normalized spacial score (nSPS) is 11.6. The number of hydrogen-bond donors (Lipinski definition) is 2. The fraction of sp³-hybridized carbons (Fsp3) is 0.273. The van der Waals surface area contributed by atoms with Crippen molar-refractivity contribution in [3.05, 3.63) is 28.8 Å². The van der Waals surface area contributed by atoms with Gasteiger partial charge in [0, 0.05) is 6.04 Å². The van der Waals surface area contributed by atoms with Crippen molar-refractivity contribution in [2.75, 3.05) is 5.32 Å². The minimum absolute atomic E-state index is 0.0102. The third-order valence-corrected chi connectivity index (χ3v) is 2.29. The third kappa shape index (κ3) is 3.44. The summed E-state index contributed by atoms with van der Waals surface area (Å²) in [5.41, 5.74) is 1.11. The number of halogens is 1. The fourth-order valence-corrected chi connectivity index (χ4v) is 1.52. The van der Waals surface area contributed by atoms with Crippen LogP contribution < -0.4 is 5.32 Å². The van der Waals surface area contributed by atoms with Crippen molar-refractivity contribution >= 4 is 23.3 Å². The van der Waals surface area contributed by atoms with Crippen LogP contribution in [0.1, 0.15) is 18.9 Å². The summed E-state index contributed by atoms with van der Waals surface area (Å²) in [4.78, 5) is 10.5. The van der Waals surface area contributed by atoms with Crippen LogP contribution in [0, 0.1) is 11.3 Å². The maximum atomic E-state index is 10.5. The van der Waals surface area contributed by atoms with Crippen LogP contribution in [0.2, 0.25) is 5.02 Å². The molecule has 2 N–H and O–H groups in total. The van der Waals surface area contributed by atoms with Gasteiger partial charge in [0.05, 0.1) is 28.8 Å². The Morgan fingerprint density at radius 2 is 2.38 bits per heavy atom. The Labute approximate surface area is 98.5 Å². The summed E-state index contributed by atoms with van der Waals surface area (Å²) in [6, 6.07) is 6.59. The van der Waals surface area contributed by atoms with E-state index in [1.807, 2.05) is 6.07 Å². The second-order valence-electron chi connectivity index (χ2n) is 3.45. The van der Waals surface area contributed by atoms with Gasteiger partial charge in [-0.3, -0.25) is 4.79 Å². The zero-order valence-corrected chi connectivity index (χ0v) is 9.45. The van der Waals surface area contributed by atoms with Crippen molar-refractivity contribution in [3.8, 4) is 6.07 Å². The number of nitrogens with zero attached hydrogens (tertiary/aromatic N) is 1. The molecule has 0 spiro atoms. The number of benzene rings is 1. The van der Waals surface area contributed by atoms with Crippen molar-refractivity contribution in [3.63, 3.8) is 0 Å². The molecule has 1 unspecified atom stereocenters. The molecular formula is C11H11ClN2O2. The number of carboxylic acid groups (broad SMARTS) is 1. The number of nitriles is 1. The highest BCUT2D eigenvalue weighted by Gasteiger charge is 2.09. The molecule has 0 bridgehead atoms. The Balaban J connectivity index is 2.75. The van der Waals surface area contributed by atoms with Gasteiger partial charge in [-0.05, 0) is 25.1 Å². The van der Waals surface area contributed by atoms with Crippen LogP contribution >= 0.6 is 11.6 Å². The van der Waals surface area contributed by atoms with Crippen LogP contribution in [-0.4, -0.2) is 17.1 Å². The summed E-state index contributed by atoms with van der Waals surface area (Å²) >= 11 is 5.93. The molecule has 0 radical (unpaired) electrons. The van der Waals surface area contributed by atoms with Gasteiger partial charge in [0.2, 0.25) is 0 Å². The molecular weight excluding hydrogens is 228 g/mol. The van der Waals surface area contributed by atoms with E-state index < -0.39 is 5.97 Å². The molecule has 0 heterocycles. The number of nitrogens with one attached hydrogen (secondary N) is 1. The van der Waals surface area contributed by atoms with E-state index >= 15 is 0 Å². The monoisotopic (exact) mass is 238 g/mol. The number of carboxylic acids is 1. The first-order chi connectivity index (χ1) is 7.52. The van der Waals surface area contributed by atoms with Crippen LogP contribution in [0.4, 0.5) is 5.69 Å². The van der Waals surface area contributed by atoms with Gasteiger partial charge >= 0.3 is 5.97 Å². The van der Waals surface area contributed by atoms with Gasteiger partial charge in [-0.25, -0.2) is 0 Å². The van der Waals surface area contributed by atoms with E-state index in [2.05, 4.69) is 5.32 Å². The predicted molar refractivity (Wildman–Crippen MR) is 61.5 cm³/mol. The van der Waals surface area contributed by atoms with E-state index in [0.717, 1.165) is 0 Å². The van der Waals surface area contributed by atoms with E-state index in [-0.39, 0.29) is 12.5 Å². The molecule has 0 aliphatic heterocycles. The van der Waals surface area contributed by atoms with Gasteiger partial charge in [-0.2, -0.15) is 5.26 Å². The SMILES string of the molecule is CC(CC(=O)O)Nc1ccc(C#N)cc1Cl. The lowest BCUT2D eigenvalue weighted by atomic mass is 10.2. The molecule has 1 aromatic carbocycles. The first kappa shape index (κ1) is 12.3. The lowest BCUT2D eigenvalue weighted by molar-refractivity contribution is -0.137. The lowest BCUT2D eigenvalue weighted by Gasteiger charge is -2.14. The molecule has 1 aromatic rings. The highest BCUT2D eigenvalue weighted by molar-refractivity contribution is 6.33. The second kappa shape index (κ2) is 5.38.